The number of carbonyl (C=O) groups is 1. The summed E-state index contributed by atoms with van der Waals surface area (Å²) in [4.78, 5) is 24.7. The van der Waals surface area contributed by atoms with Crippen molar-refractivity contribution in [2.75, 3.05) is 33.9 Å². The van der Waals surface area contributed by atoms with E-state index in [0.29, 0.717) is 19.7 Å². The fourth-order valence-corrected chi connectivity index (χ4v) is 2.01. The predicted molar refractivity (Wildman–Crippen MR) is 82.3 cm³/mol. The maximum Gasteiger partial charge on any atom is 0.311 e. The van der Waals surface area contributed by atoms with Gasteiger partial charge in [-0.3, -0.25) is 14.9 Å². The van der Waals surface area contributed by atoms with Crippen LogP contribution in [0.1, 0.15) is 30.1 Å². The van der Waals surface area contributed by atoms with Crippen LogP contribution in [-0.2, 0) is 4.74 Å². The van der Waals surface area contributed by atoms with Crippen molar-refractivity contribution in [2.24, 2.45) is 0 Å². The van der Waals surface area contributed by atoms with Gasteiger partial charge in [-0.25, -0.2) is 0 Å². The number of nitro benzene ring substituents is 1. The van der Waals surface area contributed by atoms with Crippen molar-refractivity contribution in [1.29, 1.82) is 0 Å². The van der Waals surface area contributed by atoms with E-state index in [9.17, 15) is 14.9 Å². The summed E-state index contributed by atoms with van der Waals surface area (Å²) in [5.74, 6) is -0.102. The summed E-state index contributed by atoms with van der Waals surface area (Å²) in [5, 5.41) is 11.1. The number of rotatable bonds is 9. The van der Waals surface area contributed by atoms with E-state index < -0.39 is 4.92 Å². The molecule has 1 amide bonds. The van der Waals surface area contributed by atoms with E-state index in [0.717, 1.165) is 12.8 Å². The highest BCUT2D eigenvalue weighted by Crippen LogP contribution is 2.28. The van der Waals surface area contributed by atoms with Crippen molar-refractivity contribution in [2.45, 2.75) is 19.8 Å². The van der Waals surface area contributed by atoms with Crippen molar-refractivity contribution in [3.05, 3.63) is 33.9 Å². The van der Waals surface area contributed by atoms with Gasteiger partial charge in [0.15, 0.2) is 5.75 Å². The molecule has 0 N–H and O–H groups in total. The summed E-state index contributed by atoms with van der Waals surface area (Å²) in [5.41, 5.74) is 0.0650. The molecule has 0 fully saturated rings. The van der Waals surface area contributed by atoms with Gasteiger partial charge in [0, 0.05) is 31.8 Å². The molecule has 0 bridgehead atoms. The highest BCUT2D eigenvalue weighted by atomic mass is 16.6. The number of hydrogen-bond donors (Lipinski definition) is 0. The summed E-state index contributed by atoms with van der Waals surface area (Å²) >= 11 is 0. The fourth-order valence-electron chi connectivity index (χ4n) is 2.01. The van der Waals surface area contributed by atoms with Crippen molar-refractivity contribution in [3.63, 3.8) is 0 Å². The molecular weight excluding hydrogens is 288 g/mol. The monoisotopic (exact) mass is 310 g/mol. The molecular formula is C15H22N2O5. The molecule has 0 unspecified atom stereocenters. The van der Waals surface area contributed by atoms with Crippen molar-refractivity contribution >= 4 is 11.6 Å². The van der Waals surface area contributed by atoms with Crippen LogP contribution in [0, 0.1) is 10.1 Å². The Kier molecular flexibility index (Phi) is 7.31. The fraction of sp³-hybridized carbons (Fsp3) is 0.533. The van der Waals surface area contributed by atoms with E-state index >= 15 is 0 Å². The molecule has 0 aliphatic heterocycles. The lowest BCUT2D eigenvalue weighted by Gasteiger charge is -2.22. The van der Waals surface area contributed by atoms with Gasteiger partial charge in [-0.05, 0) is 18.6 Å². The molecule has 1 rings (SSSR count). The maximum absolute atomic E-state index is 12.5. The molecule has 7 nitrogen and oxygen atoms in total. The van der Waals surface area contributed by atoms with Gasteiger partial charge in [0.1, 0.15) is 0 Å². The largest absolute Gasteiger partial charge is 0.490 e. The lowest BCUT2D eigenvalue weighted by Crippen LogP contribution is -2.34. The van der Waals surface area contributed by atoms with Crippen LogP contribution in [0.15, 0.2) is 18.2 Å². The van der Waals surface area contributed by atoms with Gasteiger partial charge < -0.3 is 14.4 Å². The molecule has 0 aromatic heterocycles. The van der Waals surface area contributed by atoms with Gasteiger partial charge in [0.2, 0.25) is 0 Å². The second kappa shape index (κ2) is 8.99. The zero-order chi connectivity index (χ0) is 16.5. The number of benzene rings is 1. The third kappa shape index (κ3) is 4.70. The molecule has 0 heterocycles. The Hall–Kier alpha value is -2.15. The molecule has 7 heteroatoms. The van der Waals surface area contributed by atoms with E-state index in [4.69, 9.17) is 9.47 Å². The quantitative estimate of drug-likeness (QED) is 0.517. The van der Waals surface area contributed by atoms with Gasteiger partial charge in [0.05, 0.1) is 18.6 Å². The van der Waals surface area contributed by atoms with E-state index in [2.05, 4.69) is 0 Å². The normalized spacial score (nSPS) is 10.3. The first-order valence-corrected chi connectivity index (χ1v) is 7.15. The Labute approximate surface area is 130 Å². The highest BCUT2D eigenvalue weighted by molar-refractivity contribution is 5.95. The first-order valence-electron chi connectivity index (χ1n) is 7.15. The topological polar surface area (TPSA) is 81.9 Å². The van der Waals surface area contributed by atoms with Crippen molar-refractivity contribution in [1.82, 2.24) is 4.90 Å². The van der Waals surface area contributed by atoms with Gasteiger partial charge in [-0.1, -0.05) is 13.3 Å². The van der Waals surface area contributed by atoms with Crippen LogP contribution < -0.4 is 4.74 Å². The zero-order valence-electron chi connectivity index (χ0n) is 13.2. The van der Waals surface area contributed by atoms with Crippen LogP contribution in [0.5, 0.6) is 5.75 Å². The van der Waals surface area contributed by atoms with Crippen molar-refractivity contribution in [3.8, 4) is 5.75 Å². The highest BCUT2D eigenvalue weighted by Gasteiger charge is 2.21. The molecule has 0 aliphatic rings. The van der Waals surface area contributed by atoms with Crippen LogP contribution in [0.3, 0.4) is 0 Å². The number of methoxy groups -OCH3 is 2. The molecule has 0 atom stereocenters. The number of nitrogens with zero attached hydrogens (tertiary/aromatic N) is 2. The number of ether oxygens (including phenoxy) is 2. The third-order valence-electron chi connectivity index (χ3n) is 3.26. The minimum atomic E-state index is -0.554. The Balaban J connectivity index is 3.01. The predicted octanol–water partition coefficient (Wildman–Crippen LogP) is 2.49. The Morgan fingerprint density at radius 1 is 1.32 bits per heavy atom. The molecule has 22 heavy (non-hydrogen) atoms. The van der Waals surface area contributed by atoms with Crippen LogP contribution in [0.4, 0.5) is 5.69 Å². The number of carbonyl (C=O) groups excluding carboxylic acids is 1. The first-order chi connectivity index (χ1) is 10.5. The number of nitro groups is 1. The van der Waals surface area contributed by atoms with E-state index in [1.165, 1.54) is 19.2 Å². The van der Waals surface area contributed by atoms with E-state index in [1.54, 1.807) is 18.1 Å². The summed E-state index contributed by atoms with van der Waals surface area (Å²) < 4.78 is 9.96. The summed E-state index contributed by atoms with van der Waals surface area (Å²) in [6, 6.07) is 4.24. The van der Waals surface area contributed by atoms with Crippen molar-refractivity contribution < 1.29 is 19.2 Å². The molecule has 0 spiro atoms. The Bertz CT molecular complexity index is 511. The summed E-state index contributed by atoms with van der Waals surface area (Å²) in [6.07, 6.45) is 1.83. The molecule has 0 saturated carbocycles. The lowest BCUT2D eigenvalue weighted by molar-refractivity contribution is -0.385. The minimum Gasteiger partial charge on any atom is -0.490 e. The molecule has 0 saturated heterocycles. The first kappa shape index (κ1) is 17.9. The summed E-state index contributed by atoms with van der Waals surface area (Å²) in [7, 11) is 2.93. The molecule has 1 aromatic rings. The van der Waals surface area contributed by atoms with Gasteiger partial charge >= 0.3 is 5.69 Å². The average molecular weight is 310 g/mol. The van der Waals surface area contributed by atoms with E-state index in [1.807, 2.05) is 6.92 Å². The number of unbranched alkanes of at least 4 members (excludes halogenated alkanes) is 1. The molecule has 0 radical (unpaired) electrons. The lowest BCUT2D eigenvalue weighted by atomic mass is 10.1. The molecule has 0 aliphatic carbocycles. The standard InChI is InChI=1S/C15H22N2O5/c1-4-5-8-16(9-10-21-2)15(18)12-6-7-14(22-3)13(11-12)17(19)20/h6-7,11H,4-5,8-10H2,1-3H3. The van der Waals surface area contributed by atoms with Crippen LogP contribution >= 0.6 is 0 Å². The van der Waals surface area contributed by atoms with Gasteiger partial charge in [-0.2, -0.15) is 0 Å². The van der Waals surface area contributed by atoms with Crippen LogP contribution in [0.25, 0.3) is 0 Å². The zero-order valence-corrected chi connectivity index (χ0v) is 13.2. The minimum absolute atomic E-state index is 0.138. The average Bonchev–Trinajstić information content (AvgIpc) is 2.53. The van der Waals surface area contributed by atoms with Gasteiger partial charge in [-0.15, -0.1) is 0 Å². The smallest absolute Gasteiger partial charge is 0.311 e. The number of amides is 1. The summed E-state index contributed by atoms with van der Waals surface area (Å²) in [6.45, 7) is 3.51. The maximum atomic E-state index is 12.5. The molecule has 122 valence electrons. The third-order valence-corrected chi connectivity index (χ3v) is 3.26. The Morgan fingerprint density at radius 2 is 2.05 bits per heavy atom. The van der Waals surface area contributed by atoms with Crippen LogP contribution in [0.2, 0.25) is 0 Å². The van der Waals surface area contributed by atoms with E-state index in [-0.39, 0.29) is 22.9 Å². The molecule has 1 aromatic carbocycles. The number of hydrogen-bond acceptors (Lipinski definition) is 5. The Morgan fingerprint density at radius 3 is 2.59 bits per heavy atom. The SMILES string of the molecule is CCCCN(CCOC)C(=O)c1ccc(OC)c([N+](=O)[O-])c1. The van der Waals surface area contributed by atoms with Crippen LogP contribution in [-0.4, -0.2) is 49.6 Å². The van der Waals surface area contributed by atoms with Gasteiger partial charge in [0.25, 0.3) is 5.91 Å². The second-order valence-corrected chi connectivity index (χ2v) is 4.78. The second-order valence-electron chi connectivity index (χ2n) is 4.78.